The van der Waals surface area contributed by atoms with Crippen molar-refractivity contribution in [2.75, 3.05) is 33.0 Å². The first kappa shape index (κ1) is 26.0. The Balaban J connectivity index is 3.51. The Kier molecular flexibility index (Phi) is 10.6. The standard InChI is InChI=1S/C16H22I3N3O6/c1-21(7(25)3-5-23)15(27)9-11(17)10(13(19)14(20)12(9)18)16(28)22(2)8(26)4-6-24/h7-8,23-26H,3-6,20H2,1-2H3. The van der Waals surface area contributed by atoms with Gasteiger partial charge in [0, 0.05) is 43.7 Å². The van der Waals surface area contributed by atoms with Gasteiger partial charge in [0.15, 0.2) is 0 Å². The molecule has 2 atom stereocenters. The van der Waals surface area contributed by atoms with Crippen LogP contribution in [0.5, 0.6) is 0 Å². The van der Waals surface area contributed by atoms with Gasteiger partial charge in [-0.05, 0) is 67.8 Å². The molecule has 0 aromatic heterocycles. The molecule has 0 aliphatic heterocycles. The van der Waals surface area contributed by atoms with Crippen LogP contribution in [-0.2, 0) is 0 Å². The van der Waals surface area contributed by atoms with Crippen LogP contribution in [0.25, 0.3) is 0 Å². The van der Waals surface area contributed by atoms with Crippen LogP contribution in [-0.4, -0.2) is 81.8 Å². The van der Waals surface area contributed by atoms with Gasteiger partial charge in [0.25, 0.3) is 11.8 Å². The van der Waals surface area contributed by atoms with Crippen LogP contribution in [0, 0.1) is 10.7 Å². The number of nitrogen functional groups attached to an aromatic ring is 1. The zero-order valence-corrected chi connectivity index (χ0v) is 21.7. The predicted octanol–water partition coefficient (Wildman–Crippen LogP) is 0.628. The second kappa shape index (κ2) is 11.4. The number of nitrogens with two attached hydrogens (primary N) is 1. The van der Waals surface area contributed by atoms with Gasteiger partial charge in [-0.15, -0.1) is 0 Å². The number of anilines is 1. The van der Waals surface area contributed by atoms with Gasteiger partial charge in [-0.3, -0.25) is 9.59 Å². The maximum absolute atomic E-state index is 13.0. The summed E-state index contributed by atoms with van der Waals surface area (Å²) in [5, 5.41) is 38.0. The lowest BCUT2D eigenvalue weighted by Crippen LogP contribution is -2.40. The topological polar surface area (TPSA) is 148 Å². The van der Waals surface area contributed by atoms with Crippen LogP contribution in [0.1, 0.15) is 33.6 Å². The molecule has 2 unspecified atom stereocenters. The van der Waals surface area contributed by atoms with Crippen molar-refractivity contribution < 1.29 is 30.0 Å². The highest BCUT2D eigenvalue weighted by Crippen LogP contribution is 2.35. The highest BCUT2D eigenvalue weighted by Gasteiger charge is 2.32. The van der Waals surface area contributed by atoms with E-state index in [0.29, 0.717) is 10.7 Å². The highest BCUT2D eigenvalue weighted by molar-refractivity contribution is 14.1. The molecule has 0 saturated heterocycles. The second-order valence-electron chi connectivity index (χ2n) is 5.92. The van der Waals surface area contributed by atoms with E-state index in [-0.39, 0.29) is 42.9 Å². The van der Waals surface area contributed by atoms with Crippen molar-refractivity contribution in [1.82, 2.24) is 9.80 Å². The van der Waals surface area contributed by atoms with Gasteiger partial charge in [-0.25, -0.2) is 0 Å². The van der Waals surface area contributed by atoms with Crippen molar-refractivity contribution in [3.8, 4) is 0 Å². The number of hydrogen-bond acceptors (Lipinski definition) is 7. The fourth-order valence-corrected chi connectivity index (χ4v) is 6.39. The largest absolute Gasteiger partial charge is 0.397 e. The summed E-state index contributed by atoms with van der Waals surface area (Å²) >= 11 is 5.70. The predicted molar refractivity (Wildman–Crippen MR) is 129 cm³/mol. The molecule has 1 aromatic rings. The van der Waals surface area contributed by atoms with Gasteiger partial charge in [-0.1, -0.05) is 0 Å². The van der Waals surface area contributed by atoms with Gasteiger partial charge in [-0.2, -0.15) is 0 Å². The fourth-order valence-electron chi connectivity index (χ4n) is 2.30. The zero-order chi connectivity index (χ0) is 21.8. The van der Waals surface area contributed by atoms with Crippen molar-refractivity contribution in [3.05, 3.63) is 21.8 Å². The molecule has 1 aromatic carbocycles. The molecule has 6 N–H and O–H groups in total. The molecular formula is C16H22I3N3O6. The molecule has 0 spiro atoms. The van der Waals surface area contributed by atoms with Gasteiger partial charge >= 0.3 is 0 Å². The zero-order valence-electron chi connectivity index (χ0n) is 15.2. The van der Waals surface area contributed by atoms with E-state index in [1.165, 1.54) is 14.1 Å². The molecule has 158 valence electrons. The Bertz CT molecular complexity index is 692. The number of hydrogen-bond donors (Lipinski definition) is 5. The molecule has 1 rings (SSSR count). The highest BCUT2D eigenvalue weighted by atomic mass is 127. The van der Waals surface area contributed by atoms with Crippen LogP contribution in [0.2, 0.25) is 0 Å². The molecule has 28 heavy (non-hydrogen) atoms. The Morgan fingerprint density at radius 2 is 1.18 bits per heavy atom. The molecule has 12 heteroatoms. The number of halogens is 3. The van der Waals surface area contributed by atoms with Crippen LogP contribution < -0.4 is 5.73 Å². The van der Waals surface area contributed by atoms with E-state index in [0.717, 1.165) is 9.80 Å². The average Bonchev–Trinajstić information content (AvgIpc) is 2.65. The lowest BCUT2D eigenvalue weighted by Gasteiger charge is -2.27. The van der Waals surface area contributed by atoms with Crippen molar-refractivity contribution in [2.24, 2.45) is 0 Å². The molecule has 0 heterocycles. The lowest BCUT2D eigenvalue weighted by atomic mass is 10.1. The van der Waals surface area contributed by atoms with E-state index >= 15 is 0 Å². The van der Waals surface area contributed by atoms with Crippen molar-refractivity contribution in [2.45, 2.75) is 25.3 Å². The Morgan fingerprint density at radius 1 is 0.857 bits per heavy atom. The quantitative estimate of drug-likeness (QED) is 0.150. The summed E-state index contributed by atoms with van der Waals surface area (Å²) in [5.74, 6) is -1.10. The molecule has 0 radical (unpaired) electrons. The first-order chi connectivity index (χ1) is 13.0. The van der Waals surface area contributed by atoms with E-state index in [2.05, 4.69) is 0 Å². The van der Waals surface area contributed by atoms with Crippen molar-refractivity contribution in [1.29, 1.82) is 0 Å². The first-order valence-electron chi connectivity index (χ1n) is 8.09. The summed E-state index contributed by atoms with van der Waals surface area (Å²) in [6.07, 6.45) is -2.43. The van der Waals surface area contributed by atoms with Crippen LogP contribution in [0.3, 0.4) is 0 Å². The summed E-state index contributed by atoms with van der Waals surface area (Å²) in [4.78, 5) is 28.1. The number of benzene rings is 1. The third-order valence-electron chi connectivity index (χ3n) is 4.09. The summed E-state index contributed by atoms with van der Waals surface area (Å²) in [6.45, 7) is -0.585. The van der Waals surface area contributed by atoms with Gasteiger partial charge in [0.1, 0.15) is 12.5 Å². The maximum atomic E-state index is 13.0. The SMILES string of the molecule is CN(C(=O)c1c(I)c(N)c(I)c(C(=O)N(C)C(O)CCO)c1I)C(O)CCO. The van der Waals surface area contributed by atoms with Gasteiger partial charge in [0.2, 0.25) is 0 Å². The molecule has 0 aliphatic rings. The van der Waals surface area contributed by atoms with Crippen LogP contribution in [0.15, 0.2) is 0 Å². The number of nitrogens with zero attached hydrogens (tertiary/aromatic N) is 2. The number of amides is 2. The molecule has 0 saturated carbocycles. The molecular weight excluding hydrogens is 711 g/mol. The minimum absolute atomic E-state index is 0.0167. The van der Waals surface area contributed by atoms with E-state index in [1.54, 1.807) is 0 Å². The molecule has 2 amide bonds. The molecule has 0 fully saturated rings. The molecule has 0 bridgehead atoms. The van der Waals surface area contributed by atoms with E-state index in [4.69, 9.17) is 15.9 Å². The minimum atomic E-state index is -1.20. The number of carbonyl (C=O) groups excluding carboxylic acids is 2. The third kappa shape index (κ3) is 5.57. The maximum Gasteiger partial charge on any atom is 0.257 e. The van der Waals surface area contributed by atoms with Gasteiger partial charge < -0.3 is 36.0 Å². The minimum Gasteiger partial charge on any atom is -0.397 e. The summed E-state index contributed by atoms with van der Waals surface area (Å²) in [5.41, 5.74) is 6.69. The normalized spacial score (nSPS) is 13.2. The first-order valence-corrected chi connectivity index (χ1v) is 11.3. The van der Waals surface area contributed by atoms with E-state index in [1.807, 2.05) is 67.8 Å². The Labute approximate surface area is 203 Å². The Hall–Kier alpha value is -0.0100. The van der Waals surface area contributed by atoms with Crippen LogP contribution in [0.4, 0.5) is 5.69 Å². The smallest absolute Gasteiger partial charge is 0.257 e. The number of aliphatic hydroxyl groups excluding tert-OH is 4. The second-order valence-corrected chi connectivity index (χ2v) is 9.16. The van der Waals surface area contributed by atoms with Crippen molar-refractivity contribution >= 4 is 85.3 Å². The summed E-state index contributed by atoms with van der Waals surface area (Å²) in [7, 11) is 2.78. The number of aliphatic hydroxyl groups is 4. The van der Waals surface area contributed by atoms with E-state index in [9.17, 15) is 19.8 Å². The number of carbonyl (C=O) groups is 2. The fraction of sp³-hybridized carbons (Fsp3) is 0.500. The molecule has 9 nitrogen and oxygen atoms in total. The third-order valence-corrected chi connectivity index (χ3v) is 7.41. The molecule has 0 aliphatic carbocycles. The summed E-state index contributed by atoms with van der Waals surface area (Å²) in [6, 6.07) is 0. The average molecular weight is 733 g/mol. The van der Waals surface area contributed by atoms with E-state index < -0.39 is 24.3 Å². The van der Waals surface area contributed by atoms with Gasteiger partial charge in [0.05, 0.1) is 24.0 Å². The number of rotatable bonds is 8. The lowest BCUT2D eigenvalue weighted by molar-refractivity contribution is 0.00724. The van der Waals surface area contributed by atoms with Crippen LogP contribution >= 0.6 is 67.8 Å². The van der Waals surface area contributed by atoms with Crippen molar-refractivity contribution in [3.63, 3.8) is 0 Å². The summed E-state index contributed by atoms with van der Waals surface area (Å²) < 4.78 is 1.21. The Morgan fingerprint density at radius 3 is 1.46 bits per heavy atom. The monoisotopic (exact) mass is 733 g/mol.